The Labute approximate surface area is 218 Å². The molecule has 1 aliphatic heterocycles. The summed E-state index contributed by atoms with van der Waals surface area (Å²) in [4.78, 5) is 15.1. The molecule has 0 spiro atoms. The van der Waals surface area contributed by atoms with Crippen molar-refractivity contribution in [3.63, 3.8) is 0 Å². The number of hydrogen-bond donors (Lipinski definition) is 0. The number of hydrogen-bond acceptors (Lipinski definition) is 5. The summed E-state index contributed by atoms with van der Waals surface area (Å²) >= 11 is 13.3. The fourth-order valence-corrected chi connectivity index (χ4v) is 5.44. The van der Waals surface area contributed by atoms with Crippen LogP contribution in [-0.2, 0) is 11.4 Å². The highest BCUT2D eigenvalue weighted by Crippen LogP contribution is 2.40. The first-order valence-corrected chi connectivity index (χ1v) is 12.4. The van der Waals surface area contributed by atoms with E-state index in [1.54, 1.807) is 25.3 Å². The van der Waals surface area contributed by atoms with Crippen molar-refractivity contribution in [3.8, 4) is 11.5 Å². The fourth-order valence-electron chi connectivity index (χ4n) is 3.87. The van der Waals surface area contributed by atoms with E-state index in [2.05, 4.69) is 24.3 Å². The Morgan fingerprint density at radius 2 is 1.71 bits per heavy atom. The molecule has 0 bridgehead atoms. The van der Waals surface area contributed by atoms with E-state index in [-0.39, 0.29) is 5.91 Å². The molecule has 1 aliphatic rings. The first-order chi connectivity index (χ1) is 17.0. The molecule has 0 N–H and O–H groups in total. The molecule has 0 saturated carbocycles. The molecule has 0 aliphatic carbocycles. The van der Waals surface area contributed by atoms with Gasteiger partial charge in [-0.2, -0.15) is 0 Å². The van der Waals surface area contributed by atoms with Gasteiger partial charge in [0.1, 0.15) is 6.61 Å². The highest BCUT2D eigenvalue weighted by molar-refractivity contribution is 8.27. The van der Waals surface area contributed by atoms with Gasteiger partial charge in [-0.05, 0) is 58.3 Å². The second-order valence-electron chi connectivity index (χ2n) is 7.86. The molecule has 0 radical (unpaired) electrons. The van der Waals surface area contributed by atoms with E-state index in [9.17, 15) is 4.79 Å². The van der Waals surface area contributed by atoms with Crippen LogP contribution in [0.4, 0.5) is 5.69 Å². The van der Waals surface area contributed by atoms with Gasteiger partial charge in [-0.25, -0.2) is 0 Å². The Morgan fingerprint density at radius 3 is 2.49 bits per heavy atom. The van der Waals surface area contributed by atoms with E-state index in [0.717, 1.165) is 22.2 Å². The molecule has 5 rings (SSSR count). The molecular formula is C28H20ClNO3S2. The maximum Gasteiger partial charge on any atom is 0.270 e. The lowest BCUT2D eigenvalue weighted by Crippen LogP contribution is -2.27. The number of methoxy groups -OCH3 is 1. The SMILES string of the molecule is COc1cc(/C=C2/SC(=S)N(c3ccccc3)C2=O)cc(Cl)c1OCc1ccc2ccccc2c1. The number of rotatable bonds is 6. The highest BCUT2D eigenvalue weighted by atomic mass is 35.5. The fraction of sp³-hybridized carbons (Fsp3) is 0.0714. The van der Waals surface area contributed by atoms with E-state index >= 15 is 0 Å². The van der Waals surface area contributed by atoms with Gasteiger partial charge in [0.25, 0.3) is 5.91 Å². The second-order valence-corrected chi connectivity index (χ2v) is 9.94. The predicted molar refractivity (Wildman–Crippen MR) is 148 cm³/mol. The number of nitrogens with zero attached hydrogens (tertiary/aromatic N) is 1. The molecule has 4 aromatic carbocycles. The summed E-state index contributed by atoms with van der Waals surface area (Å²) in [7, 11) is 1.56. The molecule has 1 heterocycles. The Balaban J connectivity index is 1.38. The Bertz CT molecular complexity index is 1470. The molecule has 174 valence electrons. The first kappa shape index (κ1) is 23.4. The van der Waals surface area contributed by atoms with Crippen LogP contribution in [0.2, 0.25) is 5.02 Å². The standard InChI is InChI=1S/C28H20ClNO3S2/c1-32-24-15-19(16-25-27(31)30(28(34)35-25)22-9-3-2-4-10-22)14-23(29)26(24)33-17-18-11-12-20-7-5-6-8-21(20)13-18/h2-16H,17H2,1H3/b25-16+. The molecular weight excluding hydrogens is 498 g/mol. The van der Waals surface area contributed by atoms with E-state index in [1.165, 1.54) is 22.0 Å². The molecule has 1 amide bonds. The number of halogens is 1. The third-order valence-electron chi connectivity index (χ3n) is 5.55. The number of ether oxygens (including phenoxy) is 2. The summed E-state index contributed by atoms with van der Waals surface area (Å²) in [6, 6.07) is 27.3. The third kappa shape index (κ3) is 4.91. The number of carbonyl (C=O) groups excluding carboxylic acids is 1. The number of thiocarbonyl (C=S) groups is 1. The van der Waals surface area contributed by atoms with Crippen LogP contribution < -0.4 is 14.4 Å². The van der Waals surface area contributed by atoms with Gasteiger partial charge in [0.05, 0.1) is 22.7 Å². The quantitative estimate of drug-likeness (QED) is 0.196. The second kappa shape index (κ2) is 10.1. The number of fused-ring (bicyclic) bond motifs is 1. The molecule has 4 nitrogen and oxygen atoms in total. The lowest BCUT2D eigenvalue weighted by atomic mass is 10.1. The summed E-state index contributed by atoms with van der Waals surface area (Å²) in [6.45, 7) is 0.343. The predicted octanol–water partition coefficient (Wildman–Crippen LogP) is 7.49. The van der Waals surface area contributed by atoms with Crippen molar-refractivity contribution in [2.75, 3.05) is 12.0 Å². The maximum absolute atomic E-state index is 13.0. The van der Waals surface area contributed by atoms with E-state index in [1.807, 2.05) is 48.5 Å². The largest absolute Gasteiger partial charge is 0.493 e. The van der Waals surface area contributed by atoms with Gasteiger partial charge >= 0.3 is 0 Å². The highest BCUT2D eigenvalue weighted by Gasteiger charge is 2.33. The van der Waals surface area contributed by atoms with E-state index in [4.69, 9.17) is 33.3 Å². The minimum absolute atomic E-state index is 0.169. The molecule has 4 aromatic rings. The Hall–Kier alpha value is -3.32. The van der Waals surface area contributed by atoms with Crippen LogP contribution in [0, 0.1) is 0 Å². The topological polar surface area (TPSA) is 38.8 Å². The van der Waals surface area contributed by atoms with Crippen LogP contribution >= 0.6 is 35.6 Å². The van der Waals surface area contributed by atoms with Crippen LogP contribution in [0.5, 0.6) is 11.5 Å². The average Bonchev–Trinajstić information content (AvgIpc) is 3.15. The van der Waals surface area contributed by atoms with Gasteiger partial charge in [-0.1, -0.05) is 90.2 Å². The smallest absolute Gasteiger partial charge is 0.270 e. The van der Waals surface area contributed by atoms with Crippen LogP contribution in [0.25, 0.3) is 16.8 Å². The van der Waals surface area contributed by atoms with Crippen molar-refractivity contribution in [1.29, 1.82) is 0 Å². The van der Waals surface area contributed by atoms with Crippen molar-refractivity contribution in [2.24, 2.45) is 0 Å². The van der Waals surface area contributed by atoms with Crippen molar-refractivity contribution < 1.29 is 14.3 Å². The van der Waals surface area contributed by atoms with Crippen LogP contribution in [0.15, 0.2) is 89.8 Å². The van der Waals surface area contributed by atoms with Crippen molar-refractivity contribution in [1.82, 2.24) is 0 Å². The number of anilines is 1. The van der Waals surface area contributed by atoms with Crippen LogP contribution in [-0.4, -0.2) is 17.3 Å². The molecule has 1 fully saturated rings. The number of benzene rings is 4. The summed E-state index contributed by atoms with van der Waals surface area (Å²) < 4.78 is 12.1. The van der Waals surface area contributed by atoms with Gasteiger partial charge in [0.15, 0.2) is 15.8 Å². The molecule has 0 atom stereocenters. The number of amides is 1. The Kier molecular flexibility index (Phi) is 6.77. The zero-order chi connectivity index (χ0) is 24.4. The first-order valence-electron chi connectivity index (χ1n) is 10.8. The molecule has 1 saturated heterocycles. The maximum atomic E-state index is 13.0. The van der Waals surface area contributed by atoms with Gasteiger partial charge in [0.2, 0.25) is 0 Å². The zero-order valence-electron chi connectivity index (χ0n) is 18.7. The van der Waals surface area contributed by atoms with Crippen molar-refractivity contribution in [3.05, 3.63) is 106 Å². The number of carbonyl (C=O) groups is 1. The van der Waals surface area contributed by atoms with E-state index in [0.29, 0.717) is 32.4 Å². The van der Waals surface area contributed by atoms with Gasteiger partial charge < -0.3 is 9.47 Å². The summed E-state index contributed by atoms with van der Waals surface area (Å²) in [6.07, 6.45) is 1.77. The minimum Gasteiger partial charge on any atom is -0.493 e. The zero-order valence-corrected chi connectivity index (χ0v) is 21.1. The minimum atomic E-state index is -0.169. The molecule has 0 aromatic heterocycles. The molecule has 0 unspecified atom stereocenters. The lowest BCUT2D eigenvalue weighted by Gasteiger charge is -2.14. The van der Waals surface area contributed by atoms with E-state index < -0.39 is 0 Å². The Morgan fingerprint density at radius 1 is 0.971 bits per heavy atom. The third-order valence-corrected chi connectivity index (χ3v) is 7.14. The van der Waals surface area contributed by atoms with Crippen LogP contribution in [0.3, 0.4) is 0 Å². The van der Waals surface area contributed by atoms with Crippen LogP contribution in [0.1, 0.15) is 11.1 Å². The van der Waals surface area contributed by atoms with Gasteiger partial charge in [-0.15, -0.1) is 0 Å². The normalized spacial score (nSPS) is 14.7. The van der Waals surface area contributed by atoms with Crippen molar-refractivity contribution in [2.45, 2.75) is 6.61 Å². The van der Waals surface area contributed by atoms with Crippen molar-refractivity contribution >= 4 is 68.3 Å². The van der Waals surface area contributed by atoms with Gasteiger partial charge in [-0.3, -0.25) is 9.69 Å². The summed E-state index contributed by atoms with van der Waals surface area (Å²) in [5, 5.41) is 2.72. The average molecular weight is 518 g/mol. The lowest BCUT2D eigenvalue weighted by molar-refractivity contribution is -0.113. The summed E-state index contributed by atoms with van der Waals surface area (Å²) in [5.41, 5.74) is 2.49. The number of para-hydroxylation sites is 1. The van der Waals surface area contributed by atoms with Gasteiger partial charge in [0, 0.05) is 0 Å². The molecule has 7 heteroatoms. The number of thioether (sulfide) groups is 1. The molecule has 35 heavy (non-hydrogen) atoms. The monoisotopic (exact) mass is 517 g/mol. The summed E-state index contributed by atoms with van der Waals surface area (Å²) in [5.74, 6) is 0.775.